The number of carbonyl (C=O) groups excluding carboxylic acids is 2. The fourth-order valence-electron chi connectivity index (χ4n) is 2.24. The highest BCUT2D eigenvalue weighted by Crippen LogP contribution is 2.20. The van der Waals surface area contributed by atoms with Crippen molar-refractivity contribution < 1.29 is 19.4 Å². The summed E-state index contributed by atoms with van der Waals surface area (Å²) in [6.45, 7) is 7.04. The number of carbonyl (C=O) groups is 2. The lowest BCUT2D eigenvalue weighted by atomic mass is 10.1. The topological polar surface area (TPSA) is 66.8 Å². The second-order valence-electron chi connectivity index (χ2n) is 6.09. The first kappa shape index (κ1) is 16.0. The van der Waals surface area contributed by atoms with Crippen LogP contribution in [0.15, 0.2) is 0 Å². The van der Waals surface area contributed by atoms with Crippen LogP contribution in [-0.2, 0) is 14.3 Å². The van der Waals surface area contributed by atoms with Gasteiger partial charge in [-0.3, -0.25) is 9.59 Å². The van der Waals surface area contributed by atoms with Crippen LogP contribution in [-0.4, -0.2) is 47.2 Å². The molecule has 5 heteroatoms. The van der Waals surface area contributed by atoms with Crippen molar-refractivity contribution >= 4 is 11.9 Å². The normalized spacial score (nSPS) is 19.6. The van der Waals surface area contributed by atoms with Crippen LogP contribution in [0.2, 0.25) is 0 Å². The van der Waals surface area contributed by atoms with E-state index in [-0.39, 0.29) is 31.3 Å². The van der Waals surface area contributed by atoms with Crippen LogP contribution in [0.25, 0.3) is 0 Å². The number of likely N-dealkylation sites (tertiary alicyclic amines) is 1. The number of aliphatic hydroxyl groups is 1. The van der Waals surface area contributed by atoms with Crippen LogP contribution in [0.3, 0.4) is 0 Å². The summed E-state index contributed by atoms with van der Waals surface area (Å²) in [6, 6.07) is 0. The zero-order valence-corrected chi connectivity index (χ0v) is 12.1. The maximum atomic E-state index is 11.9. The maximum Gasteiger partial charge on any atom is 0.306 e. The van der Waals surface area contributed by atoms with E-state index in [0.29, 0.717) is 12.5 Å². The molecule has 0 aromatic rings. The molecule has 1 fully saturated rings. The molecular formula is C14H25NO4. The number of hydrogen-bond acceptors (Lipinski definition) is 4. The molecular weight excluding hydrogens is 246 g/mol. The van der Waals surface area contributed by atoms with Crippen LogP contribution in [0, 0.1) is 5.92 Å². The number of rotatable bonds is 5. The van der Waals surface area contributed by atoms with E-state index in [0.717, 1.165) is 19.4 Å². The molecule has 1 amide bonds. The Kier molecular flexibility index (Phi) is 5.79. The van der Waals surface area contributed by atoms with E-state index in [1.165, 1.54) is 0 Å². The summed E-state index contributed by atoms with van der Waals surface area (Å²) in [5.41, 5.74) is -0.500. The standard InChI is InChI=1S/C14H25NO4/c1-14(2,3)19-13(18)5-4-12(17)15-8-6-11(10-15)7-9-16/h11,16H,4-10H2,1-3H3. The van der Waals surface area contributed by atoms with Crippen molar-refractivity contribution in [1.29, 1.82) is 0 Å². The van der Waals surface area contributed by atoms with Crippen molar-refractivity contribution in [3.8, 4) is 0 Å². The molecule has 1 unspecified atom stereocenters. The molecule has 1 rings (SSSR count). The van der Waals surface area contributed by atoms with Crippen LogP contribution in [0.1, 0.15) is 46.5 Å². The molecule has 1 aliphatic heterocycles. The Morgan fingerprint density at radius 1 is 1.32 bits per heavy atom. The quantitative estimate of drug-likeness (QED) is 0.766. The lowest BCUT2D eigenvalue weighted by Crippen LogP contribution is -2.30. The van der Waals surface area contributed by atoms with E-state index in [1.54, 1.807) is 4.90 Å². The predicted molar refractivity (Wildman–Crippen MR) is 71.5 cm³/mol. The number of esters is 1. The zero-order valence-electron chi connectivity index (χ0n) is 12.1. The number of nitrogens with zero attached hydrogens (tertiary/aromatic N) is 1. The molecule has 0 radical (unpaired) electrons. The first-order chi connectivity index (χ1) is 8.81. The van der Waals surface area contributed by atoms with E-state index < -0.39 is 5.60 Å². The van der Waals surface area contributed by atoms with Crippen LogP contribution >= 0.6 is 0 Å². The van der Waals surface area contributed by atoms with Gasteiger partial charge in [0.2, 0.25) is 5.91 Å². The van der Waals surface area contributed by atoms with Gasteiger partial charge >= 0.3 is 5.97 Å². The number of amides is 1. The van der Waals surface area contributed by atoms with Crippen LogP contribution in [0.4, 0.5) is 0 Å². The second-order valence-corrected chi connectivity index (χ2v) is 6.09. The first-order valence-electron chi connectivity index (χ1n) is 6.92. The van der Waals surface area contributed by atoms with Crippen molar-refractivity contribution in [1.82, 2.24) is 4.90 Å². The van der Waals surface area contributed by atoms with Gasteiger partial charge in [0.15, 0.2) is 0 Å². The Hall–Kier alpha value is -1.10. The molecule has 1 heterocycles. The number of aliphatic hydroxyl groups excluding tert-OH is 1. The lowest BCUT2D eigenvalue weighted by molar-refractivity contribution is -0.156. The van der Waals surface area contributed by atoms with E-state index >= 15 is 0 Å². The van der Waals surface area contributed by atoms with Crippen molar-refractivity contribution in [3.63, 3.8) is 0 Å². The third-order valence-electron chi connectivity index (χ3n) is 3.14. The van der Waals surface area contributed by atoms with Crippen molar-refractivity contribution in [3.05, 3.63) is 0 Å². The van der Waals surface area contributed by atoms with Crippen LogP contribution < -0.4 is 0 Å². The number of hydrogen-bond donors (Lipinski definition) is 1. The summed E-state index contributed by atoms with van der Waals surface area (Å²) < 4.78 is 5.17. The van der Waals surface area contributed by atoms with Crippen molar-refractivity contribution in [2.75, 3.05) is 19.7 Å². The summed E-state index contributed by atoms with van der Waals surface area (Å²) in [7, 11) is 0. The smallest absolute Gasteiger partial charge is 0.306 e. The van der Waals surface area contributed by atoms with Gasteiger partial charge in [-0.2, -0.15) is 0 Å². The van der Waals surface area contributed by atoms with Gasteiger partial charge in [-0.05, 0) is 39.5 Å². The Bertz CT molecular complexity index is 322. The summed E-state index contributed by atoms with van der Waals surface area (Å²) >= 11 is 0. The van der Waals surface area contributed by atoms with Crippen molar-refractivity contribution in [2.45, 2.75) is 52.1 Å². The Morgan fingerprint density at radius 3 is 2.58 bits per heavy atom. The molecule has 5 nitrogen and oxygen atoms in total. The van der Waals surface area contributed by atoms with E-state index in [2.05, 4.69) is 0 Å². The van der Waals surface area contributed by atoms with E-state index in [1.807, 2.05) is 20.8 Å². The summed E-state index contributed by atoms with van der Waals surface area (Å²) in [5, 5.41) is 8.87. The molecule has 1 aliphatic rings. The highest BCUT2D eigenvalue weighted by atomic mass is 16.6. The molecule has 0 bridgehead atoms. The fourth-order valence-corrected chi connectivity index (χ4v) is 2.24. The maximum absolute atomic E-state index is 11.9. The highest BCUT2D eigenvalue weighted by Gasteiger charge is 2.26. The summed E-state index contributed by atoms with van der Waals surface area (Å²) in [5.74, 6) is 0.0775. The lowest BCUT2D eigenvalue weighted by Gasteiger charge is -2.20. The molecule has 1 atom stereocenters. The van der Waals surface area contributed by atoms with Gasteiger partial charge in [0.25, 0.3) is 0 Å². The average molecular weight is 271 g/mol. The fraction of sp³-hybridized carbons (Fsp3) is 0.857. The minimum atomic E-state index is -0.500. The van der Waals surface area contributed by atoms with E-state index in [9.17, 15) is 9.59 Å². The zero-order chi connectivity index (χ0) is 14.5. The first-order valence-corrected chi connectivity index (χ1v) is 6.92. The minimum absolute atomic E-state index is 0.00583. The molecule has 0 aromatic heterocycles. The molecule has 110 valence electrons. The van der Waals surface area contributed by atoms with Gasteiger partial charge in [-0.25, -0.2) is 0 Å². The third kappa shape index (κ3) is 6.05. The SMILES string of the molecule is CC(C)(C)OC(=O)CCC(=O)N1CCC(CCO)C1. The van der Waals surface area contributed by atoms with Gasteiger partial charge in [0.05, 0.1) is 6.42 Å². The predicted octanol–water partition coefficient (Wildman–Crippen LogP) is 1.34. The summed E-state index contributed by atoms with van der Waals surface area (Å²) in [4.78, 5) is 25.2. The molecule has 0 spiro atoms. The van der Waals surface area contributed by atoms with E-state index in [4.69, 9.17) is 9.84 Å². The Morgan fingerprint density at radius 2 is 2.00 bits per heavy atom. The average Bonchev–Trinajstić information content (AvgIpc) is 2.73. The number of ether oxygens (including phenoxy) is 1. The Balaban J connectivity index is 2.27. The molecule has 19 heavy (non-hydrogen) atoms. The van der Waals surface area contributed by atoms with Gasteiger partial charge in [0, 0.05) is 26.1 Å². The van der Waals surface area contributed by atoms with Gasteiger partial charge in [0.1, 0.15) is 5.60 Å². The molecule has 0 aliphatic carbocycles. The van der Waals surface area contributed by atoms with Crippen LogP contribution in [0.5, 0.6) is 0 Å². The summed E-state index contributed by atoms with van der Waals surface area (Å²) in [6.07, 6.45) is 2.03. The molecule has 1 saturated heterocycles. The minimum Gasteiger partial charge on any atom is -0.460 e. The monoisotopic (exact) mass is 271 g/mol. The third-order valence-corrected chi connectivity index (χ3v) is 3.14. The van der Waals surface area contributed by atoms with Gasteiger partial charge in [-0.1, -0.05) is 0 Å². The largest absolute Gasteiger partial charge is 0.460 e. The molecule has 1 N–H and O–H groups in total. The molecule has 0 aromatic carbocycles. The molecule has 0 saturated carbocycles. The van der Waals surface area contributed by atoms with Gasteiger partial charge in [-0.15, -0.1) is 0 Å². The van der Waals surface area contributed by atoms with Gasteiger partial charge < -0.3 is 14.7 Å². The second kappa shape index (κ2) is 6.89. The Labute approximate surface area is 114 Å². The van der Waals surface area contributed by atoms with Crippen molar-refractivity contribution in [2.24, 2.45) is 5.92 Å². The highest BCUT2D eigenvalue weighted by molar-refractivity contribution is 5.81.